The van der Waals surface area contributed by atoms with E-state index in [2.05, 4.69) is 5.32 Å². The van der Waals surface area contributed by atoms with Crippen LogP contribution in [-0.2, 0) is 0 Å². The summed E-state index contributed by atoms with van der Waals surface area (Å²) in [5.74, 6) is -1.72. The summed E-state index contributed by atoms with van der Waals surface area (Å²) in [6, 6.07) is 5.51. The second-order valence-corrected chi connectivity index (χ2v) is 5.15. The molecule has 0 radical (unpaired) electrons. The van der Waals surface area contributed by atoms with E-state index < -0.39 is 12.1 Å². The predicted molar refractivity (Wildman–Crippen MR) is 73.0 cm³/mol. The fourth-order valence-corrected chi connectivity index (χ4v) is 2.45. The number of nitrogens with zero attached hydrogens (tertiary/aromatic N) is 1. The number of likely N-dealkylation sites (tertiary alicyclic amines) is 1. The highest BCUT2D eigenvalue weighted by molar-refractivity contribution is 7.80. The first-order valence-electron chi connectivity index (χ1n) is 6.24. The molecule has 2 nitrogen and oxygen atoms in total. The Morgan fingerprint density at radius 3 is 2.50 bits per heavy atom. The average Bonchev–Trinajstić information content (AvgIpc) is 2.40. The summed E-state index contributed by atoms with van der Waals surface area (Å²) in [6.45, 7) is 0.371. The number of benzene rings is 1. The smallest absolute Gasteiger partial charge is 0.348 e. The molecule has 1 atom stereocenters. The SMILES string of the molecule is Fc1ccc(NC(=S)N2CCCC(C(F)(F)F)C2)cc1. The summed E-state index contributed by atoms with van der Waals surface area (Å²) in [4.78, 5) is 1.51. The minimum absolute atomic E-state index is 0.128. The lowest BCUT2D eigenvalue weighted by Crippen LogP contribution is -2.46. The van der Waals surface area contributed by atoms with E-state index >= 15 is 0 Å². The zero-order valence-corrected chi connectivity index (χ0v) is 11.4. The minimum Gasteiger partial charge on any atom is -0.348 e. The largest absolute Gasteiger partial charge is 0.393 e. The molecular formula is C13H14F4N2S. The molecule has 1 saturated heterocycles. The van der Waals surface area contributed by atoms with Gasteiger partial charge in [-0.2, -0.15) is 13.2 Å². The van der Waals surface area contributed by atoms with Gasteiger partial charge in [-0.3, -0.25) is 0 Å². The van der Waals surface area contributed by atoms with Crippen molar-refractivity contribution in [2.24, 2.45) is 5.92 Å². The molecule has 1 fully saturated rings. The molecule has 20 heavy (non-hydrogen) atoms. The molecule has 0 saturated carbocycles. The Balaban J connectivity index is 1.97. The van der Waals surface area contributed by atoms with E-state index in [0.717, 1.165) is 0 Å². The molecule has 7 heteroatoms. The molecular weight excluding hydrogens is 292 g/mol. The molecule has 0 aromatic heterocycles. The highest BCUT2D eigenvalue weighted by Crippen LogP contribution is 2.33. The molecule has 2 rings (SSSR count). The first kappa shape index (κ1) is 15.0. The van der Waals surface area contributed by atoms with Crippen molar-refractivity contribution in [1.82, 2.24) is 4.90 Å². The zero-order chi connectivity index (χ0) is 14.8. The van der Waals surface area contributed by atoms with Gasteiger partial charge in [0.15, 0.2) is 5.11 Å². The number of nitrogens with one attached hydrogen (secondary N) is 1. The lowest BCUT2D eigenvalue weighted by molar-refractivity contribution is -0.183. The summed E-state index contributed by atoms with van der Waals surface area (Å²) in [7, 11) is 0. The van der Waals surface area contributed by atoms with Crippen LogP contribution in [-0.4, -0.2) is 29.3 Å². The Hall–Kier alpha value is -1.37. The van der Waals surface area contributed by atoms with Gasteiger partial charge in [0.2, 0.25) is 0 Å². The van der Waals surface area contributed by atoms with Gasteiger partial charge in [0.1, 0.15) is 5.82 Å². The van der Waals surface area contributed by atoms with Crippen molar-refractivity contribution in [1.29, 1.82) is 0 Å². The van der Waals surface area contributed by atoms with Crippen LogP contribution in [0.4, 0.5) is 23.2 Å². The molecule has 1 aliphatic rings. The van der Waals surface area contributed by atoms with Gasteiger partial charge in [0, 0.05) is 18.8 Å². The van der Waals surface area contributed by atoms with Crippen LogP contribution in [0.2, 0.25) is 0 Å². The number of hydrogen-bond donors (Lipinski definition) is 1. The summed E-state index contributed by atoms with van der Waals surface area (Å²) in [6.07, 6.45) is -3.60. The number of anilines is 1. The maximum absolute atomic E-state index is 12.8. The van der Waals surface area contributed by atoms with Crippen LogP contribution in [0, 0.1) is 11.7 Å². The molecule has 0 bridgehead atoms. The van der Waals surface area contributed by atoms with Crippen molar-refractivity contribution < 1.29 is 17.6 Å². The highest BCUT2D eigenvalue weighted by Gasteiger charge is 2.42. The minimum atomic E-state index is -4.19. The Morgan fingerprint density at radius 2 is 1.90 bits per heavy atom. The molecule has 1 heterocycles. The Labute approximate surface area is 119 Å². The molecule has 0 aliphatic carbocycles. The van der Waals surface area contributed by atoms with Crippen LogP contribution in [0.25, 0.3) is 0 Å². The first-order chi connectivity index (χ1) is 9.36. The number of alkyl halides is 3. The molecule has 1 unspecified atom stereocenters. The van der Waals surface area contributed by atoms with E-state index in [1.54, 1.807) is 0 Å². The van der Waals surface area contributed by atoms with E-state index in [0.29, 0.717) is 18.7 Å². The summed E-state index contributed by atoms with van der Waals surface area (Å²) < 4.78 is 50.9. The van der Waals surface area contributed by atoms with E-state index in [4.69, 9.17) is 12.2 Å². The molecule has 1 aromatic carbocycles. The maximum Gasteiger partial charge on any atom is 0.393 e. The van der Waals surface area contributed by atoms with Crippen LogP contribution in [0.1, 0.15) is 12.8 Å². The number of thiocarbonyl (C=S) groups is 1. The van der Waals surface area contributed by atoms with Crippen molar-refractivity contribution >= 4 is 23.0 Å². The van der Waals surface area contributed by atoms with Crippen LogP contribution in [0.15, 0.2) is 24.3 Å². The average molecular weight is 306 g/mol. The third kappa shape index (κ3) is 3.82. The summed E-state index contributed by atoms with van der Waals surface area (Å²) >= 11 is 5.12. The fraction of sp³-hybridized carbons (Fsp3) is 0.462. The Bertz CT molecular complexity index is 472. The van der Waals surface area contributed by atoms with Crippen molar-refractivity contribution in [3.05, 3.63) is 30.1 Å². The van der Waals surface area contributed by atoms with Gasteiger partial charge in [-0.1, -0.05) is 0 Å². The van der Waals surface area contributed by atoms with E-state index in [1.807, 2.05) is 0 Å². The summed E-state index contributed by atoms with van der Waals surface area (Å²) in [5, 5.41) is 3.08. The normalized spacial score (nSPS) is 19.8. The van der Waals surface area contributed by atoms with Crippen molar-refractivity contribution in [2.75, 3.05) is 18.4 Å². The van der Waals surface area contributed by atoms with Crippen molar-refractivity contribution in [2.45, 2.75) is 19.0 Å². The molecule has 0 amide bonds. The van der Waals surface area contributed by atoms with Crippen molar-refractivity contribution in [3.8, 4) is 0 Å². The van der Waals surface area contributed by atoms with Crippen LogP contribution in [0.5, 0.6) is 0 Å². The quantitative estimate of drug-likeness (QED) is 0.627. The van der Waals surface area contributed by atoms with Gasteiger partial charge >= 0.3 is 6.18 Å². The molecule has 1 aliphatic heterocycles. The lowest BCUT2D eigenvalue weighted by atomic mass is 9.98. The van der Waals surface area contributed by atoms with E-state index in [1.165, 1.54) is 29.2 Å². The molecule has 110 valence electrons. The second kappa shape index (κ2) is 5.95. The zero-order valence-electron chi connectivity index (χ0n) is 10.6. The van der Waals surface area contributed by atoms with Gasteiger partial charge < -0.3 is 10.2 Å². The van der Waals surface area contributed by atoms with Gasteiger partial charge in [-0.25, -0.2) is 4.39 Å². The molecule has 1 aromatic rings. The second-order valence-electron chi connectivity index (χ2n) is 4.76. The monoisotopic (exact) mass is 306 g/mol. The van der Waals surface area contributed by atoms with Crippen molar-refractivity contribution in [3.63, 3.8) is 0 Å². The van der Waals surface area contributed by atoms with Crippen LogP contribution >= 0.6 is 12.2 Å². The molecule has 0 spiro atoms. The van der Waals surface area contributed by atoms with E-state index in [-0.39, 0.29) is 23.9 Å². The summed E-state index contributed by atoms with van der Waals surface area (Å²) in [5.41, 5.74) is 0.561. The third-order valence-corrected chi connectivity index (χ3v) is 3.63. The lowest BCUT2D eigenvalue weighted by Gasteiger charge is -2.35. The number of piperidine rings is 1. The van der Waals surface area contributed by atoms with Gasteiger partial charge in [-0.05, 0) is 49.3 Å². The maximum atomic E-state index is 12.8. The van der Waals surface area contributed by atoms with Crippen LogP contribution < -0.4 is 5.32 Å². The Kier molecular flexibility index (Phi) is 4.47. The van der Waals surface area contributed by atoms with Gasteiger partial charge in [-0.15, -0.1) is 0 Å². The third-order valence-electron chi connectivity index (χ3n) is 3.27. The standard InChI is InChI=1S/C13H14F4N2S/c14-10-3-5-11(6-4-10)18-12(20)19-7-1-2-9(8-19)13(15,16)17/h3-6,9H,1-2,7-8H2,(H,18,20). The highest BCUT2D eigenvalue weighted by atomic mass is 32.1. The number of hydrogen-bond acceptors (Lipinski definition) is 1. The van der Waals surface area contributed by atoms with E-state index in [9.17, 15) is 17.6 Å². The predicted octanol–water partition coefficient (Wildman–Crippen LogP) is 3.80. The Morgan fingerprint density at radius 1 is 1.25 bits per heavy atom. The first-order valence-corrected chi connectivity index (χ1v) is 6.65. The van der Waals surface area contributed by atoms with Gasteiger partial charge in [0.25, 0.3) is 0 Å². The van der Waals surface area contributed by atoms with Gasteiger partial charge in [0.05, 0.1) is 5.92 Å². The topological polar surface area (TPSA) is 15.3 Å². The number of halogens is 4. The fourth-order valence-electron chi connectivity index (χ4n) is 2.16. The van der Waals surface area contributed by atoms with Crippen LogP contribution in [0.3, 0.4) is 0 Å². The number of rotatable bonds is 1. The molecule has 1 N–H and O–H groups in total.